The van der Waals surface area contributed by atoms with Crippen LogP contribution in [0, 0.1) is 5.41 Å². The molecule has 1 saturated carbocycles. The summed E-state index contributed by atoms with van der Waals surface area (Å²) < 4.78 is 31.1. The molecule has 1 spiro atoms. The minimum absolute atomic E-state index is 0.202. The van der Waals surface area contributed by atoms with Crippen LogP contribution < -0.4 is 0 Å². The summed E-state index contributed by atoms with van der Waals surface area (Å²) in [6.45, 7) is 5.38. The zero-order valence-electron chi connectivity index (χ0n) is 11.4. The molecule has 1 amide bonds. The molecular formula is C13H19F2NO3. The summed E-state index contributed by atoms with van der Waals surface area (Å²) in [4.78, 5) is 12.9. The Morgan fingerprint density at radius 1 is 1.42 bits per heavy atom. The molecule has 6 heteroatoms. The molecule has 108 valence electrons. The van der Waals surface area contributed by atoms with Crippen LogP contribution in [0.1, 0.15) is 40.0 Å². The van der Waals surface area contributed by atoms with E-state index in [0.717, 1.165) is 4.90 Å². The van der Waals surface area contributed by atoms with Gasteiger partial charge in [-0.25, -0.2) is 18.5 Å². The second-order valence-electron chi connectivity index (χ2n) is 6.46. The standard InChI is InChI=1S/C13H19F2NO3/c1-11(2,3)19-10(18)16-5-4-12(6-9(16)17)7-13(14,15)8-12/h6,17H,4-5,7-8H2,1-3H3. The topological polar surface area (TPSA) is 49.8 Å². The molecule has 0 aromatic heterocycles. The molecular weight excluding hydrogens is 256 g/mol. The zero-order valence-corrected chi connectivity index (χ0v) is 11.4. The van der Waals surface area contributed by atoms with Crippen molar-refractivity contribution in [1.82, 2.24) is 4.90 Å². The summed E-state index contributed by atoms with van der Waals surface area (Å²) in [7, 11) is 0. The number of halogens is 2. The van der Waals surface area contributed by atoms with Gasteiger partial charge in [-0.2, -0.15) is 0 Å². The molecule has 1 fully saturated rings. The summed E-state index contributed by atoms with van der Waals surface area (Å²) in [6, 6.07) is 0. The van der Waals surface area contributed by atoms with Gasteiger partial charge in [0.05, 0.1) is 0 Å². The smallest absolute Gasteiger partial charge is 0.417 e. The van der Waals surface area contributed by atoms with Gasteiger partial charge in [0.1, 0.15) is 5.60 Å². The van der Waals surface area contributed by atoms with Crippen LogP contribution in [0.2, 0.25) is 0 Å². The third kappa shape index (κ3) is 2.98. The lowest BCUT2D eigenvalue weighted by Gasteiger charge is -2.48. The molecule has 0 radical (unpaired) electrons. The lowest BCUT2D eigenvalue weighted by atomic mass is 9.63. The van der Waals surface area contributed by atoms with E-state index >= 15 is 0 Å². The second kappa shape index (κ2) is 4.08. The van der Waals surface area contributed by atoms with E-state index in [0.29, 0.717) is 6.42 Å². The van der Waals surface area contributed by atoms with Gasteiger partial charge in [0.25, 0.3) is 0 Å². The Morgan fingerprint density at radius 3 is 2.42 bits per heavy atom. The van der Waals surface area contributed by atoms with Crippen LogP contribution in [0.3, 0.4) is 0 Å². The largest absolute Gasteiger partial charge is 0.495 e. The van der Waals surface area contributed by atoms with E-state index in [1.54, 1.807) is 20.8 Å². The second-order valence-corrected chi connectivity index (χ2v) is 6.46. The quantitative estimate of drug-likeness (QED) is 0.736. The summed E-state index contributed by atoms with van der Waals surface area (Å²) >= 11 is 0. The van der Waals surface area contributed by atoms with Crippen LogP contribution in [0.25, 0.3) is 0 Å². The molecule has 2 aliphatic rings. The number of hydrogen-bond donors (Lipinski definition) is 1. The Kier molecular flexibility index (Phi) is 3.03. The Balaban J connectivity index is 2.04. The number of carbonyl (C=O) groups is 1. The van der Waals surface area contributed by atoms with Crippen LogP contribution in [-0.4, -0.2) is 34.2 Å². The Morgan fingerprint density at radius 2 is 2.00 bits per heavy atom. The fourth-order valence-corrected chi connectivity index (χ4v) is 2.63. The van der Waals surface area contributed by atoms with Crippen molar-refractivity contribution >= 4 is 6.09 Å². The van der Waals surface area contributed by atoms with Crippen molar-refractivity contribution in [3.8, 4) is 0 Å². The molecule has 1 aliphatic carbocycles. The molecule has 2 rings (SSSR count). The highest BCUT2D eigenvalue weighted by Gasteiger charge is 2.57. The summed E-state index contributed by atoms with van der Waals surface area (Å²) in [5.74, 6) is -2.93. The first kappa shape index (κ1) is 14.1. The third-order valence-corrected chi connectivity index (χ3v) is 3.38. The van der Waals surface area contributed by atoms with E-state index in [9.17, 15) is 18.7 Å². The molecule has 0 aromatic rings. The molecule has 0 atom stereocenters. The maximum absolute atomic E-state index is 13.0. The van der Waals surface area contributed by atoms with Crippen LogP contribution in [-0.2, 0) is 4.74 Å². The Hall–Kier alpha value is -1.33. The van der Waals surface area contributed by atoms with Crippen molar-refractivity contribution in [2.75, 3.05) is 6.54 Å². The number of rotatable bonds is 0. The van der Waals surface area contributed by atoms with E-state index in [1.807, 2.05) is 0 Å². The number of nitrogens with zero attached hydrogens (tertiary/aromatic N) is 1. The first-order chi connectivity index (χ1) is 8.52. The van der Waals surface area contributed by atoms with Gasteiger partial charge >= 0.3 is 6.09 Å². The SMILES string of the molecule is CC(C)(C)OC(=O)N1CCC2(C=C1O)CC(F)(F)C2. The van der Waals surface area contributed by atoms with Crippen LogP contribution in [0.5, 0.6) is 0 Å². The van der Waals surface area contributed by atoms with Crippen LogP contribution >= 0.6 is 0 Å². The fourth-order valence-electron chi connectivity index (χ4n) is 2.63. The van der Waals surface area contributed by atoms with E-state index < -0.39 is 23.0 Å². The third-order valence-electron chi connectivity index (χ3n) is 3.38. The van der Waals surface area contributed by atoms with Gasteiger partial charge in [0, 0.05) is 24.8 Å². The van der Waals surface area contributed by atoms with Crippen molar-refractivity contribution in [2.45, 2.75) is 51.6 Å². The Bertz CT molecular complexity index is 418. The molecule has 0 saturated heterocycles. The number of hydrogen-bond acceptors (Lipinski definition) is 3. The van der Waals surface area contributed by atoms with Gasteiger partial charge < -0.3 is 9.84 Å². The summed E-state index contributed by atoms with van der Waals surface area (Å²) in [5, 5.41) is 9.85. The number of amides is 1. The number of ether oxygens (including phenoxy) is 1. The molecule has 4 nitrogen and oxygen atoms in total. The maximum atomic E-state index is 13.0. The van der Waals surface area contributed by atoms with Crippen molar-refractivity contribution in [1.29, 1.82) is 0 Å². The molecule has 1 heterocycles. The minimum Gasteiger partial charge on any atom is -0.495 e. The number of alkyl halides is 2. The summed E-state index contributed by atoms with van der Waals surface area (Å²) in [6.07, 6.45) is 0.629. The first-order valence-corrected chi connectivity index (χ1v) is 6.32. The van der Waals surface area contributed by atoms with Gasteiger partial charge in [-0.15, -0.1) is 0 Å². The predicted octanol–water partition coefficient (Wildman–Crippen LogP) is 3.44. The molecule has 19 heavy (non-hydrogen) atoms. The summed E-state index contributed by atoms with van der Waals surface area (Å²) in [5.41, 5.74) is -1.32. The molecule has 1 N–H and O–H groups in total. The number of allylic oxidation sites excluding steroid dienone is 1. The normalized spacial score (nSPS) is 24.7. The average molecular weight is 275 g/mol. The number of aliphatic hydroxyl groups is 1. The van der Waals surface area contributed by atoms with Gasteiger partial charge in [0.15, 0.2) is 5.88 Å². The van der Waals surface area contributed by atoms with E-state index in [1.165, 1.54) is 6.08 Å². The molecule has 0 aromatic carbocycles. The van der Waals surface area contributed by atoms with E-state index in [4.69, 9.17) is 4.74 Å². The van der Waals surface area contributed by atoms with Crippen molar-refractivity contribution < 1.29 is 23.4 Å². The minimum atomic E-state index is -2.65. The molecule has 0 unspecified atom stereocenters. The fraction of sp³-hybridized carbons (Fsp3) is 0.769. The van der Waals surface area contributed by atoms with Crippen molar-refractivity contribution in [3.05, 3.63) is 12.0 Å². The van der Waals surface area contributed by atoms with Crippen LogP contribution in [0.15, 0.2) is 12.0 Å². The maximum Gasteiger partial charge on any atom is 0.417 e. The Labute approximate surface area is 111 Å². The number of carbonyl (C=O) groups excluding carboxylic acids is 1. The average Bonchev–Trinajstić information content (AvgIpc) is 2.10. The lowest BCUT2D eigenvalue weighted by Crippen LogP contribution is -2.50. The number of aliphatic hydroxyl groups excluding tert-OH is 1. The van der Waals surface area contributed by atoms with Crippen LogP contribution in [0.4, 0.5) is 13.6 Å². The van der Waals surface area contributed by atoms with Crippen molar-refractivity contribution in [3.63, 3.8) is 0 Å². The van der Waals surface area contributed by atoms with Crippen molar-refractivity contribution in [2.24, 2.45) is 5.41 Å². The highest BCUT2D eigenvalue weighted by atomic mass is 19.3. The lowest BCUT2D eigenvalue weighted by molar-refractivity contribution is -0.149. The van der Waals surface area contributed by atoms with Gasteiger partial charge in [-0.1, -0.05) is 0 Å². The highest BCUT2D eigenvalue weighted by Crippen LogP contribution is 2.56. The zero-order chi connectivity index (χ0) is 14.5. The highest BCUT2D eigenvalue weighted by molar-refractivity contribution is 5.70. The van der Waals surface area contributed by atoms with Gasteiger partial charge in [-0.05, 0) is 33.3 Å². The first-order valence-electron chi connectivity index (χ1n) is 6.32. The van der Waals surface area contributed by atoms with Gasteiger partial charge in [0.2, 0.25) is 5.92 Å². The van der Waals surface area contributed by atoms with E-state index in [2.05, 4.69) is 0 Å². The predicted molar refractivity (Wildman–Crippen MR) is 64.9 cm³/mol. The molecule has 1 aliphatic heterocycles. The van der Waals surface area contributed by atoms with E-state index in [-0.39, 0.29) is 25.3 Å². The molecule has 0 bridgehead atoms. The monoisotopic (exact) mass is 275 g/mol. The van der Waals surface area contributed by atoms with Gasteiger partial charge in [-0.3, -0.25) is 0 Å².